The summed E-state index contributed by atoms with van der Waals surface area (Å²) in [5.41, 5.74) is 0.197. The first kappa shape index (κ1) is 29.0. The summed E-state index contributed by atoms with van der Waals surface area (Å²) in [6.07, 6.45) is 16.0. The maximum absolute atomic E-state index is 14.1. The molecule has 4 aliphatic carbocycles. The molecular formula is C32H53BrN2O3. The van der Waals surface area contributed by atoms with Gasteiger partial charge in [0.05, 0.1) is 20.1 Å². The third-order valence-corrected chi connectivity index (χ3v) is 13.2. The van der Waals surface area contributed by atoms with Gasteiger partial charge in [-0.25, -0.2) is 0 Å². The fourth-order valence-corrected chi connectivity index (χ4v) is 11.1. The number of halogens is 1. The van der Waals surface area contributed by atoms with Gasteiger partial charge < -0.3 is 26.2 Å². The number of ether oxygens (including phenoxy) is 1. The number of Topliss-reactive ketones (excluding diaryl/α,β-unsaturated/α-hetero) is 1. The van der Waals surface area contributed by atoms with Crippen LogP contribution in [0.4, 0.5) is 0 Å². The van der Waals surface area contributed by atoms with Gasteiger partial charge in [-0.15, -0.1) is 0 Å². The van der Waals surface area contributed by atoms with Gasteiger partial charge in [0, 0.05) is 24.8 Å². The van der Waals surface area contributed by atoms with E-state index < -0.39 is 0 Å². The Morgan fingerprint density at radius 3 is 2.32 bits per heavy atom. The Kier molecular flexibility index (Phi) is 8.21. The fourth-order valence-electron chi connectivity index (χ4n) is 11.1. The topological polar surface area (TPSA) is 46.6 Å². The van der Waals surface area contributed by atoms with Gasteiger partial charge in [0.2, 0.25) is 0 Å². The molecule has 216 valence electrons. The summed E-state index contributed by atoms with van der Waals surface area (Å²) in [6.45, 7) is 11.3. The minimum Gasteiger partial charge on any atom is -1.00 e. The second kappa shape index (κ2) is 10.7. The molecule has 0 bridgehead atoms. The molecule has 0 amide bonds. The third kappa shape index (κ3) is 4.65. The number of ketones is 1. The molecule has 2 aliphatic heterocycles. The molecule has 6 heteroatoms. The van der Waals surface area contributed by atoms with E-state index in [9.17, 15) is 9.59 Å². The van der Waals surface area contributed by atoms with Crippen LogP contribution in [-0.4, -0.2) is 72.5 Å². The van der Waals surface area contributed by atoms with Crippen LogP contribution in [0.15, 0.2) is 0 Å². The van der Waals surface area contributed by atoms with E-state index in [1.165, 1.54) is 77.3 Å². The SMILES string of the molecule is CC(=O)OC1CC2CCC3C4CC([N+]5(C)CCCCC5)C(=O)C4(C)CCC3C2(C)CC1N1CCCCC1.[Br-]. The third-order valence-electron chi connectivity index (χ3n) is 13.2. The molecule has 9 atom stereocenters. The quantitative estimate of drug-likeness (QED) is 0.373. The Balaban J connectivity index is 0.00000294. The van der Waals surface area contributed by atoms with E-state index in [1.807, 2.05) is 0 Å². The van der Waals surface area contributed by atoms with Crippen molar-refractivity contribution in [2.24, 2.45) is 34.5 Å². The molecule has 2 heterocycles. The van der Waals surface area contributed by atoms with Crippen molar-refractivity contribution in [3.63, 3.8) is 0 Å². The van der Waals surface area contributed by atoms with E-state index in [0.29, 0.717) is 40.9 Å². The molecule has 0 radical (unpaired) electrons. The van der Waals surface area contributed by atoms with E-state index in [2.05, 4.69) is 25.8 Å². The summed E-state index contributed by atoms with van der Waals surface area (Å²) in [5.74, 6) is 3.13. The van der Waals surface area contributed by atoms with Crippen LogP contribution in [-0.2, 0) is 14.3 Å². The standard InChI is InChI=1S/C32H53N2O3.BrH/c1-22(35)37-29-19-23-11-12-24-25(32(23,3)21-27(29)33-15-7-5-8-16-33)13-14-31(2)26(24)20-28(30(31)36)34(4)17-9-6-10-18-34;/h23-29H,5-21H2,1-4H3;1H/q+1;/p-1. The summed E-state index contributed by atoms with van der Waals surface area (Å²) in [7, 11) is 2.40. The van der Waals surface area contributed by atoms with E-state index >= 15 is 0 Å². The number of likely N-dealkylation sites (N-methyl/N-ethyl adjacent to an activating group) is 1. The van der Waals surface area contributed by atoms with Crippen LogP contribution in [0, 0.1) is 34.5 Å². The van der Waals surface area contributed by atoms with Crippen molar-refractivity contribution in [1.29, 1.82) is 0 Å². The van der Waals surface area contributed by atoms with Gasteiger partial charge in [-0.2, -0.15) is 0 Å². The maximum atomic E-state index is 14.1. The molecular weight excluding hydrogens is 540 g/mol. The summed E-state index contributed by atoms with van der Waals surface area (Å²) in [6, 6.07) is 0.605. The van der Waals surface area contributed by atoms with Crippen LogP contribution in [0.5, 0.6) is 0 Å². The van der Waals surface area contributed by atoms with E-state index in [1.54, 1.807) is 6.92 Å². The Morgan fingerprint density at radius 1 is 0.947 bits per heavy atom. The first-order chi connectivity index (χ1) is 17.7. The van der Waals surface area contributed by atoms with Gasteiger partial charge in [-0.1, -0.05) is 20.3 Å². The first-order valence-electron chi connectivity index (χ1n) is 16.0. The van der Waals surface area contributed by atoms with Gasteiger partial charge in [0.15, 0.2) is 5.78 Å². The first-order valence-corrected chi connectivity index (χ1v) is 16.0. The van der Waals surface area contributed by atoms with Crippen molar-refractivity contribution in [2.75, 3.05) is 33.2 Å². The smallest absolute Gasteiger partial charge is 0.302 e. The van der Waals surface area contributed by atoms with Crippen LogP contribution < -0.4 is 17.0 Å². The monoisotopic (exact) mass is 592 g/mol. The minimum atomic E-state index is -0.109. The summed E-state index contributed by atoms with van der Waals surface area (Å²) in [5, 5.41) is 0. The highest BCUT2D eigenvalue weighted by atomic mass is 79.9. The molecule has 0 aromatic rings. The molecule has 0 N–H and O–H groups in total. The Hall–Kier alpha value is -0.460. The molecule has 2 saturated heterocycles. The maximum Gasteiger partial charge on any atom is 0.302 e. The highest BCUT2D eigenvalue weighted by Crippen LogP contribution is 2.66. The summed E-state index contributed by atoms with van der Waals surface area (Å²) >= 11 is 0. The molecule has 0 aromatic heterocycles. The van der Waals surface area contributed by atoms with Crippen molar-refractivity contribution < 1.29 is 35.8 Å². The summed E-state index contributed by atoms with van der Waals surface area (Å²) in [4.78, 5) is 28.9. The predicted molar refractivity (Wildman–Crippen MR) is 146 cm³/mol. The van der Waals surface area contributed by atoms with Gasteiger partial charge in [0.25, 0.3) is 0 Å². The Morgan fingerprint density at radius 2 is 1.63 bits per heavy atom. The fraction of sp³-hybridized carbons (Fsp3) is 0.938. The lowest BCUT2D eigenvalue weighted by molar-refractivity contribution is -0.928. The average Bonchev–Trinajstić information content (AvgIpc) is 3.16. The number of rotatable bonds is 3. The number of likely N-dealkylation sites (tertiary alicyclic amines) is 2. The van der Waals surface area contributed by atoms with Gasteiger partial charge in [0.1, 0.15) is 12.1 Å². The van der Waals surface area contributed by atoms with Crippen LogP contribution in [0.2, 0.25) is 0 Å². The number of fused-ring (bicyclic) bond motifs is 5. The van der Waals surface area contributed by atoms with Crippen molar-refractivity contribution in [3.8, 4) is 0 Å². The van der Waals surface area contributed by atoms with Crippen LogP contribution >= 0.6 is 0 Å². The largest absolute Gasteiger partial charge is 1.00 e. The lowest BCUT2D eigenvalue weighted by atomic mass is 9.44. The molecule has 0 aromatic carbocycles. The number of hydrogen-bond acceptors (Lipinski definition) is 4. The van der Waals surface area contributed by atoms with E-state index in [0.717, 1.165) is 36.8 Å². The number of carbonyl (C=O) groups excluding carboxylic acids is 2. The lowest BCUT2D eigenvalue weighted by Gasteiger charge is -2.62. The van der Waals surface area contributed by atoms with Gasteiger partial charge in [-0.3, -0.25) is 14.5 Å². The Bertz CT molecular complexity index is 899. The highest BCUT2D eigenvalue weighted by molar-refractivity contribution is 5.91. The lowest BCUT2D eigenvalue weighted by Crippen LogP contribution is -3.00. The van der Waals surface area contributed by atoms with E-state index in [4.69, 9.17) is 4.74 Å². The number of nitrogens with zero attached hydrogens (tertiary/aromatic N) is 2. The number of carbonyl (C=O) groups is 2. The highest BCUT2D eigenvalue weighted by Gasteiger charge is 2.66. The molecule has 0 spiro atoms. The molecule has 38 heavy (non-hydrogen) atoms. The van der Waals surface area contributed by atoms with Crippen molar-refractivity contribution in [1.82, 2.24) is 4.90 Å². The van der Waals surface area contributed by atoms with E-state index in [-0.39, 0.29) is 40.5 Å². The Labute approximate surface area is 242 Å². The zero-order chi connectivity index (χ0) is 26.0. The second-order valence-corrected chi connectivity index (χ2v) is 15.0. The zero-order valence-corrected chi connectivity index (χ0v) is 26.1. The average molecular weight is 594 g/mol. The van der Waals surface area contributed by atoms with Crippen molar-refractivity contribution in [3.05, 3.63) is 0 Å². The van der Waals surface area contributed by atoms with Crippen LogP contribution in [0.25, 0.3) is 0 Å². The van der Waals surface area contributed by atoms with Gasteiger partial charge >= 0.3 is 5.97 Å². The molecule has 9 unspecified atom stereocenters. The normalized spacial score (nSPS) is 46.7. The molecule has 6 aliphatic rings. The van der Waals surface area contributed by atoms with Crippen molar-refractivity contribution >= 4 is 11.8 Å². The number of esters is 1. The predicted octanol–water partition coefficient (Wildman–Crippen LogP) is 2.61. The number of piperidine rings is 2. The van der Waals surface area contributed by atoms with Crippen LogP contribution in [0.3, 0.4) is 0 Å². The molecule has 6 rings (SSSR count). The molecule has 6 fully saturated rings. The second-order valence-electron chi connectivity index (χ2n) is 15.0. The molecule has 4 saturated carbocycles. The zero-order valence-electron chi connectivity index (χ0n) is 24.6. The van der Waals surface area contributed by atoms with Crippen LogP contribution in [0.1, 0.15) is 104 Å². The van der Waals surface area contributed by atoms with Gasteiger partial charge in [-0.05, 0) is 113 Å². The number of quaternary nitrogens is 1. The molecule has 5 nitrogen and oxygen atoms in total. The summed E-state index contributed by atoms with van der Waals surface area (Å²) < 4.78 is 7.07. The number of hydrogen-bond donors (Lipinski definition) is 0. The van der Waals surface area contributed by atoms with Crippen molar-refractivity contribution in [2.45, 2.75) is 122 Å². The minimum absolute atomic E-state index is 0.